The van der Waals surface area contributed by atoms with Crippen LogP contribution < -0.4 is 0 Å². The van der Waals surface area contributed by atoms with E-state index >= 15 is 0 Å². The number of esters is 1. The molecule has 4 nitrogen and oxygen atoms in total. The van der Waals surface area contributed by atoms with Gasteiger partial charge in [-0.3, -0.25) is 4.79 Å². The van der Waals surface area contributed by atoms with Crippen molar-refractivity contribution in [1.29, 1.82) is 0 Å². The highest BCUT2D eigenvalue weighted by atomic mass is 32.2. The molecular formula is C14H18N2O2S2. The third-order valence-electron chi connectivity index (χ3n) is 3.10. The van der Waals surface area contributed by atoms with Crippen LogP contribution in [0.3, 0.4) is 0 Å². The summed E-state index contributed by atoms with van der Waals surface area (Å²) in [6, 6.07) is 0. The molecule has 6 heteroatoms. The molecule has 0 aliphatic rings. The van der Waals surface area contributed by atoms with Crippen LogP contribution in [0.1, 0.15) is 30.7 Å². The Hall–Kier alpha value is -1.14. The third-order valence-corrected chi connectivity index (χ3v) is 5.56. The molecule has 0 saturated heterocycles. The molecule has 0 aliphatic carbocycles. The Labute approximate surface area is 127 Å². The molecule has 2 aromatic heterocycles. The first-order valence-corrected chi connectivity index (χ1v) is 8.32. The minimum atomic E-state index is -0.215. The topological polar surface area (TPSA) is 52.1 Å². The van der Waals surface area contributed by atoms with Crippen molar-refractivity contribution in [2.75, 3.05) is 6.61 Å². The van der Waals surface area contributed by atoms with Gasteiger partial charge in [-0.25, -0.2) is 9.97 Å². The number of carbonyl (C=O) groups excluding carboxylic acids is 1. The van der Waals surface area contributed by atoms with Crippen molar-refractivity contribution in [3.63, 3.8) is 0 Å². The van der Waals surface area contributed by atoms with Gasteiger partial charge >= 0.3 is 5.97 Å². The smallest absolute Gasteiger partial charge is 0.319 e. The van der Waals surface area contributed by atoms with Gasteiger partial charge in [0.1, 0.15) is 21.4 Å². The molecule has 0 N–H and O–H groups in total. The van der Waals surface area contributed by atoms with Gasteiger partial charge in [-0.05, 0) is 32.8 Å². The lowest BCUT2D eigenvalue weighted by Crippen LogP contribution is -2.19. The molecule has 0 unspecified atom stereocenters. The molecule has 0 spiro atoms. The van der Waals surface area contributed by atoms with Gasteiger partial charge in [-0.15, -0.1) is 11.3 Å². The van der Waals surface area contributed by atoms with Gasteiger partial charge in [-0.1, -0.05) is 18.7 Å². The van der Waals surface area contributed by atoms with Crippen LogP contribution in [0, 0.1) is 13.8 Å². The number of rotatable bonds is 5. The minimum absolute atomic E-state index is 0.170. The number of thioether (sulfide) groups is 1. The van der Waals surface area contributed by atoms with Crippen molar-refractivity contribution < 1.29 is 9.53 Å². The Morgan fingerprint density at radius 3 is 2.80 bits per heavy atom. The second-order valence-corrected chi connectivity index (χ2v) is 6.80. The van der Waals surface area contributed by atoms with E-state index in [1.54, 1.807) is 17.7 Å². The van der Waals surface area contributed by atoms with E-state index in [-0.39, 0.29) is 11.2 Å². The zero-order chi connectivity index (χ0) is 14.7. The highest BCUT2D eigenvalue weighted by Crippen LogP contribution is 2.36. The Morgan fingerprint density at radius 2 is 2.15 bits per heavy atom. The number of carbonyl (C=O) groups is 1. The van der Waals surface area contributed by atoms with Crippen molar-refractivity contribution in [3.05, 3.63) is 16.8 Å². The van der Waals surface area contributed by atoms with Gasteiger partial charge < -0.3 is 4.74 Å². The summed E-state index contributed by atoms with van der Waals surface area (Å²) in [5.74, 6) is -0.170. The Kier molecular flexibility index (Phi) is 4.99. The fourth-order valence-corrected chi connectivity index (χ4v) is 4.05. The molecule has 0 amide bonds. The number of hydrogen-bond acceptors (Lipinski definition) is 6. The van der Waals surface area contributed by atoms with Crippen LogP contribution in [0.4, 0.5) is 0 Å². The molecule has 0 saturated carbocycles. The number of fused-ring (bicyclic) bond motifs is 1. The maximum absolute atomic E-state index is 11.9. The maximum atomic E-state index is 11.9. The number of nitrogens with zero attached hydrogens (tertiary/aromatic N) is 2. The minimum Gasteiger partial charge on any atom is -0.465 e. The SMILES string of the molecule is CCOC(=O)[C@@H](CC)Sc1ncnc2sc(C)c(C)c12. The van der Waals surface area contributed by atoms with Gasteiger partial charge in [0.05, 0.1) is 6.61 Å². The predicted molar refractivity (Wildman–Crippen MR) is 83.5 cm³/mol. The molecular weight excluding hydrogens is 292 g/mol. The number of aryl methyl sites for hydroxylation is 2. The maximum Gasteiger partial charge on any atom is 0.319 e. The fourth-order valence-electron chi connectivity index (χ4n) is 1.91. The largest absolute Gasteiger partial charge is 0.465 e. The van der Waals surface area contributed by atoms with E-state index in [2.05, 4.69) is 23.8 Å². The Balaban J connectivity index is 2.35. The first-order chi connectivity index (χ1) is 9.58. The van der Waals surface area contributed by atoms with Crippen LogP contribution in [0.5, 0.6) is 0 Å². The van der Waals surface area contributed by atoms with E-state index in [1.165, 1.54) is 22.2 Å². The van der Waals surface area contributed by atoms with Crippen molar-refractivity contribution >= 4 is 39.3 Å². The molecule has 2 rings (SSSR count). The van der Waals surface area contributed by atoms with Crippen LogP contribution >= 0.6 is 23.1 Å². The third kappa shape index (κ3) is 2.96. The summed E-state index contributed by atoms with van der Waals surface area (Å²) in [4.78, 5) is 22.8. The summed E-state index contributed by atoms with van der Waals surface area (Å²) in [5.41, 5.74) is 1.20. The second-order valence-electron chi connectivity index (χ2n) is 4.41. The normalized spacial score (nSPS) is 12.6. The summed E-state index contributed by atoms with van der Waals surface area (Å²) >= 11 is 3.14. The lowest BCUT2D eigenvalue weighted by molar-refractivity contribution is -0.142. The Bertz CT molecular complexity index is 625. The second kappa shape index (κ2) is 6.54. The molecule has 0 fully saturated rings. The van der Waals surface area contributed by atoms with Crippen LogP contribution in [0.15, 0.2) is 11.4 Å². The first-order valence-electron chi connectivity index (χ1n) is 6.62. The van der Waals surface area contributed by atoms with Crippen molar-refractivity contribution in [3.8, 4) is 0 Å². The molecule has 0 radical (unpaired) electrons. The van der Waals surface area contributed by atoms with Crippen LogP contribution in [-0.2, 0) is 9.53 Å². The number of aromatic nitrogens is 2. The standard InChI is InChI=1S/C14H18N2O2S2/c1-5-10(14(17)18-6-2)20-13-11-8(3)9(4)19-12(11)15-7-16-13/h7,10H,5-6H2,1-4H3/t10-/m1/s1. The monoisotopic (exact) mass is 310 g/mol. The van der Waals surface area contributed by atoms with Gasteiger partial charge in [0.25, 0.3) is 0 Å². The van der Waals surface area contributed by atoms with Gasteiger partial charge in [0.2, 0.25) is 0 Å². The molecule has 0 aromatic carbocycles. The molecule has 20 heavy (non-hydrogen) atoms. The van der Waals surface area contributed by atoms with E-state index in [9.17, 15) is 4.79 Å². The highest BCUT2D eigenvalue weighted by molar-refractivity contribution is 8.00. The van der Waals surface area contributed by atoms with Gasteiger partial charge in [0.15, 0.2) is 0 Å². The summed E-state index contributed by atoms with van der Waals surface area (Å²) in [7, 11) is 0. The summed E-state index contributed by atoms with van der Waals surface area (Å²) in [6.07, 6.45) is 2.29. The van der Waals surface area contributed by atoms with Crippen LogP contribution in [0.2, 0.25) is 0 Å². The van der Waals surface area contributed by atoms with E-state index in [0.717, 1.165) is 21.7 Å². The Morgan fingerprint density at radius 1 is 1.40 bits per heavy atom. The average molecular weight is 310 g/mol. The quantitative estimate of drug-likeness (QED) is 0.478. The zero-order valence-electron chi connectivity index (χ0n) is 12.1. The van der Waals surface area contributed by atoms with Crippen molar-refractivity contribution in [1.82, 2.24) is 9.97 Å². The van der Waals surface area contributed by atoms with Gasteiger partial charge in [0, 0.05) is 10.3 Å². The van der Waals surface area contributed by atoms with Crippen LogP contribution in [0.25, 0.3) is 10.2 Å². The number of hydrogen-bond donors (Lipinski definition) is 0. The van der Waals surface area contributed by atoms with E-state index < -0.39 is 0 Å². The number of ether oxygens (including phenoxy) is 1. The molecule has 2 heterocycles. The van der Waals surface area contributed by atoms with E-state index in [0.29, 0.717) is 6.61 Å². The van der Waals surface area contributed by atoms with E-state index in [1.807, 2.05) is 13.8 Å². The lowest BCUT2D eigenvalue weighted by atomic mass is 10.2. The van der Waals surface area contributed by atoms with Gasteiger partial charge in [-0.2, -0.15) is 0 Å². The summed E-state index contributed by atoms with van der Waals surface area (Å²) < 4.78 is 5.11. The number of thiophene rings is 1. The molecule has 0 aliphatic heterocycles. The van der Waals surface area contributed by atoms with E-state index in [4.69, 9.17) is 4.74 Å². The fraction of sp³-hybridized carbons (Fsp3) is 0.500. The van der Waals surface area contributed by atoms with Crippen molar-refractivity contribution in [2.45, 2.75) is 44.4 Å². The highest BCUT2D eigenvalue weighted by Gasteiger charge is 2.22. The van der Waals surface area contributed by atoms with Crippen molar-refractivity contribution in [2.24, 2.45) is 0 Å². The predicted octanol–water partition coefficient (Wildman–Crippen LogP) is 3.74. The van der Waals surface area contributed by atoms with Crippen LogP contribution in [-0.4, -0.2) is 27.8 Å². The summed E-state index contributed by atoms with van der Waals surface area (Å²) in [5, 5.41) is 1.73. The first kappa shape index (κ1) is 15.3. The zero-order valence-corrected chi connectivity index (χ0v) is 13.7. The molecule has 0 bridgehead atoms. The molecule has 2 aromatic rings. The summed E-state index contributed by atoms with van der Waals surface area (Å²) in [6.45, 7) is 8.38. The molecule has 1 atom stereocenters. The average Bonchev–Trinajstić information content (AvgIpc) is 2.72. The lowest BCUT2D eigenvalue weighted by Gasteiger charge is -2.13. The molecule has 108 valence electrons.